The minimum Gasteiger partial charge on any atom is -0.381 e. The minimum absolute atomic E-state index is 0.554. The summed E-state index contributed by atoms with van der Waals surface area (Å²) in [6.07, 6.45) is 11.3. The summed E-state index contributed by atoms with van der Waals surface area (Å²) in [6.45, 7) is 2.24. The van der Waals surface area contributed by atoms with Crippen LogP contribution in [0.15, 0.2) is 17.4 Å². The zero-order chi connectivity index (χ0) is 11.6. The summed E-state index contributed by atoms with van der Waals surface area (Å²) >= 11 is 1.71. The van der Waals surface area contributed by atoms with E-state index >= 15 is 0 Å². The fraction of sp³-hybridized carbons (Fsp3) is 0.667. The molecule has 0 saturated heterocycles. The van der Waals surface area contributed by atoms with Gasteiger partial charge in [0.2, 0.25) is 0 Å². The van der Waals surface area contributed by atoms with Crippen molar-refractivity contribution in [2.24, 2.45) is 0 Å². The number of anilines is 1. The van der Waals surface area contributed by atoms with E-state index in [9.17, 15) is 0 Å². The number of nitrogens with zero attached hydrogens (tertiary/aromatic N) is 2. The number of rotatable bonds is 8. The van der Waals surface area contributed by atoms with E-state index in [4.69, 9.17) is 5.73 Å². The molecular formula is C12H21N3S. The molecule has 1 heterocycles. The third kappa shape index (κ3) is 5.35. The van der Waals surface area contributed by atoms with Gasteiger partial charge in [-0.2, -0.15) is 0 Å². The molecule has 0 atom stereocenters. The summed E-state index contributed by atoms with van der Waals surface area (Å²) in [5, 5.41) is 0.871. The molecule has 1 aromatic rings. The molecule has 2 N–H and O–H groups in total. The van der Waals surface area contributed by atoms with Gasteiger partial charge in [-0.05, 0) is 12.2 Å². The highest BCUT2D eigenvalue weighted by atomic mass is 32.2. The molecule has 0 aromatic carbocycles. The van der Waals surface area contributed by atoms with Gasteiger partial charge in [0.25, 0.3) is 0 Å². The van der Waals surface area contributed by atoms with Crippen molar-refractivity contribution in [3.05, 3.63) is 12.4 Å². The lowest BCUT2D eigenvalue weighted by Gasteiger charge is -2.02. The third-order valence-corrected chi connectivity index (χ3v) is 3.51. The first kappa shape index (κ1) is 13.3. The quantitative estimate of drug-likeness (QED) is 0.557. The van der Waals surface area contributed by atoms with Crippen molar-refractivity contribution < 1.29 is 0 Å². The lowest BCUT2D eigenvalue weighted by atomic mass is 10.1. The van der Waals surface area contributed by atoms with E-state index < -0.39 is 0 Å². The molecule has 0 unspecified atom stereocenters. The molecule has 0 aliphatic rings. The van der Waals surface area contributed by atoms with E-state index in [-0.39, 0.29) is 0 Å². The summed E-state index contributed by atoms with van der Waals surface area (Å²) in [7, 11) is 0. The molecular weight excluding hydrogens is 218 g/mol. The molecule has 0 radical (unpaired) electrons. The summed E-state index contributed by atoms with van der Waals surface area (Å²) in [4.78, 5) is 8.21. The highest BCUT2D eigenvalue weighted by molar-refractivity contribution is 7.99. The van der Waals surface area contributed by atoms with Gasteiger partial charge in [0.15, 0.2) is 5.82 Å². The van der Waals surface area contributed by atoms with Crippen molar-refractivity contribution in [3.63, 3.8) is 0 Å². The first-order valence-electron chi connectivity index (χ1n) is 6.04. The lowest BCUT2D eigenvalue weighted by molar-refractivity contribution is 0.627. The molecule has 4 heteroatoms. The van der Waals surface area contributed by atoms with Crippen molar-refractivity contribution >= 4 is 17.6 Å². The predicted molar refractivity (Wildman–Crippen MR) is 70.5 cm³/mol. The van der Waals surface area contributed by atoms with Gasteiger partial charge in [0.1, 0.15) is 5.03 Å². The van der Waals surface area contributed by atoms with E-state index in [0.29, 0.717) is 5.82 Å². The van der Waals surface area contributed by atoms with Gasteiger partial charge in [-0.1, -0.05) is 39.0 Å². The van der Waals surface area contributed by atoms with Crippen LogP contribution in [0.4, 0.5) is 5.82 Å². The Hall–Kier alpha value is -0.770. The lowest BCUT2D eigenvalue weighted by Crippen LogP contribution is -1.95. The van der Waals surface area contributed by atoms with Crippen LogP contribution < -0.4 is 5.73 Å². The molecule has 0 amide bonds. The second-order valence-electron chi connectivity index (χ2n) is 3.86. The summed E-state index contributed by atoms with van der Waals surface area (Å²) in [5.41, 5.74) is 5.71. The minimum atomic E-state index is 0.554. The van der Waals surface area contributed by atoms with Crippen LogP contribution in [-0.4, -0.2) is 15.7 Å². The van der Waals surface area contributed by atoms with Crippen molar-refractivity contribution in [2.45, 2.75) is 50.5 Å². The number of thioether (sulfide) groups is 1. The van der Waals surface area contributed by atoms with Gasteiger partial charge in [-0.15, -0.1) is 11.8 Å². The number of unbranched alkanes of at least 4 members (excludes halogenated alkanes) is 5. The zero-order valence-corrected chi connectivity index (χ0v) is 10.8. The van der Waals surface area contributed by atoms with Crippen LogP contribution in [0.5, 0.6) is 0 Å². The Bertz CT molecular complexity index is 291. The van der Waals surface area contributed by atoms with Gasteiger partial charge in [-0.3, -0.25) is 0 Å². The molecule has 16 heavy (non-hydrogen) atoms. The standard InChI is InChI=1S/C12H21N3S/c1-2-3-4-5-6-7-10-16-12-11(13)14-8-9-15-12/h8-9H,2-7,10H2,1H3,(H2,13,14). The number of nitrogen functional groups attached to an aromatic ring is 1. The summed E-state index contributed by atoms with van der Waals surface area (Å²) in [6, 6.07) is 0. The average molecular weight is 239 g/mol. The van der Waals surface area contributed by atoms with Gasteiger partial charge >= 0.3 is 0 Å². The SMILES string of the molecule is CCCCCCCCSc1nccnc1N. The number of hydrogen-bond acceptors (Lipinski definition) is 4. The van der Waals surface area contributed by atoms with E-state index in [1.165, 1.54) is 38.5 Å². The number of aromatic nitrogens is 2. The molecule has 1 rings (SSSR count). The van der Waals surface area contributed by atoms with Crippen molar-refractivity contribution in [1.29, 1.82) is 0 Å². The first-order chi connectivity index (χ1) is 7.84. The smallest absolute Gasteiger partial charge is 0.156 e. The van der Waals surface area contributed by atoms with Crippen molar-refractivity contribution in [1.82, 2.24) is 9.97 Å². The second kappa shape index (κ2) is 8.39. The topological polar surface area (TPSA) is 51.8 Å². The molecule has 0 bridgehead atoms. The van der Waals surface area contributed by atoms with Crippen LogP contribution in [0, 0.1) is 0 Å². The van der Waals surface area contributed by atoms with Gasteiger partial charge in [-0.25, -0.2) is 9.97 Å². The molecule has 1 aromatic heterocycles. The highest BCUT2D eigenvalue weighted by Crippen LogP contribution is 2.21. The maximum atomic E-state index is 5.71. The molecule has 0 aliphatic heterocycles. The Labute approximate surface area is 102 Å². The average Bonchev–Trinajstić information content (AvgIpc) is 2.30. The number of nitrogens with two attached hydrogens (primary N) is 1. The third-order valence-electron chi connectivity index (χ3n) is 2.43. The van der Waals surface area contributed by atoms with E-state index in [0.717, 1.165) is 10.8 Å². The van der Waals surface area contributed by atoms with Gasteiger partial charge < -0.3 is 5.73 Å². The molecule has 0 fully saturated rings. The zero-order valence-electron chi connectivity index (χ0n) is 9.98. The first-order valence-corrected chi connectivity index (χ1v) is 7.02. The Morgan fingerprint density at radius 1 is 1.06 bits per heavy atom. The van der Waals surface area contributed by atoms with E-state index in [1.54, 1.807) is 24.2 Å². The van der Waals surface area contributed by atoms with Crippen LogP contribution in [0.1, 0.15) is 45.4 Å². The van der Waals surface area contributed by atoms with Crippen LogP contribution in [0.3, 0.4) is 0 Å². The van der Waals surface area contributed by atoms with Crippen LogP contribution in [-0.2, 0) is 0 Å². The van der Waals surface area contributed by atoms with Gasteiger partial charge in [0.05, 0.1) is 0 Å². The maximum absolute atomic E-state index is 5.71. The normalized spacial score (nSPS) is 10.6. The van der Waals surface area contributed by atoms with Gasteiger partial charge in [0, 0.05) is 12.4 Å². The Morgan fingerprint density at radius 2 is 1.75 bits per heavy atom. The molecule has 90 valence electrons. The maximum Gasteiger partial charge on any atom is 0.156 e. The fourth-order valence-corrected chi connectivity index (χ4v) is 2.38. The molecule has 0 aliphatic carbocycles. The second-order valence-corrected chi connectivity index (χ2v) is 4.95. The Kier molecular flexibility index (Phi) is 6.97. The van der Waals surface area contributed by atoms with Crippen molar-refractivity contribution in [2.75, 3.05) is 11.5 Å². The van der Waals surface area contributed by atoms with E-state index in [2.05, 4.69) is 16.9 Å². The van der Waals surface area contributed by atoms with Crippen LogP contribution >= 0.6 is 11.8 Å². The highest BCUT2D eigenvalue weighted by Gasteiger charge is 2.00. The summed E-state index contributed by atoms with van der Waals surface area (Å²) in [5.74, 6) is 1.65. The number of hydrogen-bond donors (Lipinski definition) is 1. The Morgan fingerprint density at radius 3 is 2.50 bits per heavy atom. The Balaban J connectivity index is 2.05. The fourth-order valence-electron chi connectivity index (χ4n) is 1.50. The van der Waals surface area contributed by atoms with Crippen LogP contribution in [0.2, 0.25) is 0 Å². The molecule has 0 saturated carbocycles. The summed E-state index contributed by atoms with van der Waals surface area (Å²) < 4.78 is 0. The van der Waals surface area contributed by atoms with E-state index in [1.807, 2.05) is 0 Å². The molecule has 3 nitrogen and oxygen atoms in total. The van der Waals surface area contributed by atoms with Crippen molar-refractivity contribution in [3.8, 4) is 0 Å². The molecule has 0 spiro atoms. The largest absolute Gasteiger partial charge is 0.381 e. The monoisotopic (exact) mass is 239 g/mol. The predicted octanol–water partition coefficient (Wildman–Crippen LogP) is 3.51. The van der Waals surface area contributed by atoms with Crippen LogP contribution in [0.25, 0.3) is 0 Å².